The summed E-state index contributed by atoms with van der Waals surface area (Å²) in [5.74, 6) is -0.309. The quantitative estimate of drug-likeness (QED) is 0.539. The second kappa shape index (κ2) is 6.05. The van der Waals surface area contributed by atoms with E-state index in [0.717, 1.165) is 26.0 Å². The Morgan fingerprint density at radius 1 is 1.41 bits per heavy atom. The first-order chi connectivity index (χ1) is 10.6. The summed E-state index contributed by atoms with van der Waals surface area (Å²) in [7, 11) is 1.93. The zero-order valence-electron chi connectivity index (χ0n) is 12.4. The van der Waals surface area contributed by atoms with Gasteiger partial charge >= 0.3 is 5.97 Å². The summed E-state index contributed by atoms with van der Waals surface area (Å²) < 4.78 is 7.03. The molecule has 0 atom stereocenters. The van der Waals surface area contributed by atoms with E-state index in [9.17, 15) is 4.79 Å². The van der Waals surface area contributed by atoms with E-state index in [-0.39, 0.29) is 5.97 Å². The molecular weight excluding hydrogens is 320 g/mol. The number of fused-ring (bicyclic) bond motifs is 1. The predicted molar refractivity (Wildman–Crippen MR) is 85.4 cm³/mol. The molecule has 0 N–H and O–H groups in total. The van der Waals surface area contributed by atoms with Crippen LogP contribution in [0.1, 0.15) is 22.2 Å². The summed E-state index contributed by atoms with van der Waals surface area (Å²) in [5.41, 5.74) is 0.857. The van der Waals surface area contributed by atoms with Crippen LogP contribution in [0.15, 0.2) is 28.9 Å². The van der Waals surface area contributed by atoms with Crippen LogP contribution in [0.3, 0.4) is 0 Å². The van der Waals surface area contributed by atoms with Crippen LogP contribution < -0.4 is 0 Å². The van der Waals surface area contributed by atoms with Gasteiger partial charge in [-0.3, -0.25) is 0 Å². The number of aryl methyl sites for hydroxylation is 2. The molecule has 0 amide bonds. The summed E-state index contributed by atoms with van der Waals surface area (Å²) in [6.45, 7) is 4.05. The molecule has 6 nitrogen and oxygen atoms in total. The van der Waals surface area contributed by atoms with Crippen molar-refractivity contribution in [3.05, 3.63) is 29.2 Å². The predicted octanol–water partition coefficient (Wildman–Crippen LogP) is 3.06. The van der Waals surface area contributed by atoms with Gasteiger partial charge in [0, 0.05) is 24.8 Å². The third kappa shape index (κ3) is 2.59. The number of rotatable bonds is 4. The highest BCUT2D eigenvalue weighted by molar-refractivity contribution is 7.99. The van der Waals surface area contributed by atoms with Gasteiger partial charge in [-0.1, -0.05) is 0 Å². The van der Waals surface area contributed by atoms with Crippen LogP contribution in [0.2, 0.25) is 0 Å². The molecule has 0 aliphatic carbocycles. The fourth-order valence-corrected chi connectivity index (χ4v) is 4.09. The van der Waals surface area contributed by atoms with E-state index in [1.54, 1.807) is 13.1 Å². The number of esters is 1. The Hall–Kier alpha value is -1.93. The molecule has 8 heteroatoms. The van der Waals surface area contributed by atoms with E-state index in [4.69, 9.17) is 4.74 Å². The van der Waals surface area contributed by atoms with E-state index in [1.165, 1.54) is 29.4 Å². The number of hydrogen-bond donors (Lipinski definition) is 0. The van der Waals surface area contributed by atoms with Gasteiger partial charge in [0.15, 0.2) is 5.16 Å². The molecule has 0 bridgehead atoms. The summed E-state index contributed by atoms with van der Waals surface area (Å²) in [5, 5.41) is 2.52. The zero-order chi connectivity index (χ0) is 15.7. The van der Waals surface area contributed by atoms with Crippen molar-refractivity contribution in [3.8, 4) is 0 Å². The second-order valence-corrected chi connectivity index (χ2v) is 6.51. The van der Waals surface area contributed by atoms with Gasteiger partial charge in [0.05, 0.1) is 6.61 Å². The molecule has 3 aromatic heterocycles. The van der Waals surface area contributed by atoms with Crippen LogP contribution >= 0.6 is 23.1 Å². The van der Waals surface area contributed by atoms with E-state index in [0.29, 0.717) is 11.5 Å². The molecule has 0 aromatic carbocycles. The first-order valence-corrected chi connectivity index (χ1v) is 8.31. The van der Waals surface area contributed by atoms with Crippen molar-refractivity contribution in [2.75, 3.05) is 6.61 Å². The third-order valence-electron chi connectivity index (χ3n) is 3.12. The number of ether oxygens (including phenoxy) is 1. The average Bonchev–Trinajstić information content (AvgIpc) is 3.04. The van der Waals surface area contributed by atoms with Gasteiger partial charge in [0.2, 0.25) is 0 Å². The first kappa shape index (κ1) is 15.0. The van der Waals surface area contributed by atoms with E-state index < -0.39 is 0 Å². The minimum Gasteiger partial charge on any atom is -0.462 e. The second-order valence-electron chi connectivity index (χ2n) is 4.56. The van der Waals surface area contributed by atoms with Crippen LogP contribution in [-0.2, 0) is 11.8 Å². The standard InChI is InChI=1S/C14H14N4O2S2/c1-4-20-13(19)10-8(2)9-11(21-10)16-7-17-12(9)22-14-15-5-6-18(14)3/h5-7H,4H2,1-3H3. The molecule has 0 saturated heterocycles. The van der Waals surface area contributed by atoms with Crippen molar-refractivity contribution in [2.24, 2.45) is 7.05 Å². The molecule has 0 saturated carbocycles. The van der Waals surface area contributed by atoms with E-state index in [1.807, 2.05) is 24.7 Å². The van der Waals surface area contributed by atoms with Gasteiger partial charge in [-0.15, -0.1) is 11.3 Å². The largest absolute Gasteiger partial charge is 0.462 e. The Balaban J connectivity index is 2.08. The molecule has 0 fully saturated rings. The van der Waals surface area contributed by atoms with Crippen molar-refractivity contribution in [1.29, 1.82) is 0 Å². The molecule has 3 aromatic rings. The maximum absolute atomic E-state index is 12.0. The minimum atomic E-state index is -0.309. The molecule has 3 rings (SSSR count). The van der Waals surface area contributed by atoms with Crippen molar-refractivity contribution < 1.29 is 9.53 Å². The highest BCUT2D eigenvalue weighted by atomic mass is 32.2. The van der Waals surface area contributed by atoms with Crippen molar-refractivity contribution in [3.63, 3.8) is 0 Å². The zero-order valence-corrected chi connectivity index (χ0v) is 14.0. The fraction of sp³-hybridized carbons (Fsp3) is 0.286. The normalized spacial score (nSPS) is 11.0. The SMILES string of the molecule is CCOC(=O)c1sc2ncnc(Sc3nccn3C)c2c1C. The fourth-order valence-electron chi connectivity index (χ4n) is 2.04. The van der Waals surface area contributed by atoms with E-state index in [2.05, 4.69) is 15.0 Å². The number of aromatic nitrogens is 4. The van der Waals surface area contributed by atoms with Gasteiger partial charge in [-0.25, -0.2) is 19.7 Å². The Kier molecular flexibility index (Phi) is 4.12. The Morgan fingerprint density at radius 2 is 2.23 bits per heavy atom. The van der Waals surface area contributed by atoms with Crippen LogP contribution in [0.25, 0.3) is 10.2 Å². The van der Waals surface area contributed by atoms with Crippen LogP contribution in [-0.4, -0.2) is 32.1 Å². The molecule has 3 heterocycles. The van der Waals surface area contributed by atoms with E-state index >= 15 is 0 Å². The Labute approximate surface area is 135 Å². The lowest BCUT2D eigenvalue weighted by molar-refractivity contribution is 0.0531. The van der Waals surface area contributed by atoms with Crippen LogP contribution in [0.4, 0.5) is 0 Å². The monoisotopic (exact) mass is 334 g/mol. The number of thiophene rings is 1. The Bertz CT molecular complexity index is 841. The van der Waals surface area contributed by atoms with Gasteiger partial charge < -0.3 is 9.30 Å². The van der Waals surface area contributed by atoms with Gasteiger partial charge in [-0.05, 0) is 31.2 Å². The number of carbonyl (C=O) groups excluding carboxylic acids is 1. The molecule has 22 heavy (non-hydrogen) atoms. The molecule has 0 unspecified atom stereocenters. The summed E-state index contributed by atoms with van der Waals surface area (Å²) in [6, 6.07) is 0. The van der Waals surface area contributed by atoms with Gasteiger partial charge in [0.25, 0.3) is 0 Å². The lowest BCUT2D eigenvalue weighted by Gasteiger charge is -2.03. The lowest BCUT2D eigenvalue weighted by atomic mass is 10.2. The molecule has 0 spiro atoms. The van der Waals surface area contributed by atoms with Gasteiger partial charge in [0.1, 0.15) is 21.1 Å². The number of hydrogen-bond acceptors (Lipinski definition) is 7. The topological polar surface area (TPSA) is 69.9 Å². The first-order valence-electron chi connectivity index (χ1n) is 6.68. The molecule has 114 valence electrons. The highest BCUT2D eigenvalue weighted by Crippen LogP contribution is 2.37. The van der Waals surface area contributed by atoms with Crippen molar-refractivity contribution in [2.45, 2.75) is 24.0 Å². The smallest absolute Gasteiger partial charge is 0.348 e. The summed E-state index contributed by atoms with van der Waals surface area (Å²) in [4.78, 5) is 26.3. The van der Waals surface area contributed by atoms with Crippen LogP contribution in [0.5, 0.6) is 0 Å². The lowest BCUT2D eigenvalue weighted by Crippen LogP contribution is -2.03. The number of nitrogens with zero attached hydrogens (tertiary/aromatic N) is 4. The van der Waals surface area contributed by atoms with Crippen LogP contribution in [0, 0.1) is 6.92 Å². The maximum atomic E-state index is 12.0. The molecule has 0 aliphatic rings. The third-order valence-corrected chi connectivity index (χ3v) is 5.38. The van der Waals surface area contributed by atoms with Crippen molar-refractivity contribution >= 4 is 39.3 Å². The van der Waals surface area contributed by atoms with Gasteiger partial charge in [-0.2, -0.15) is 0 Å². The minimum absolute atomic E-state index is 0.309. The number of imidazole rings is 1. The Morgan fingerprint density at radius 3 is 2.91 bits per heavy atom. The maximum Gasteiger partial charge on any atom is 0.348 e. The molecular formula is C14H14N4O2S2. The van der Waals surface area contributed by atoms with Crippen molar-refractivity contribution in [1.82, 2.24) is 19.5 Å². The molecule has 0 radical (unpaired) electrons. The summed E-state index contributed by atoms with van der Waals surface area (Å²) >= 11 is 2.79. The highest BCUT2D eigenvalue weighted by Gasteiger charge is 2.21. The summed E-state index contributed by atoms with van der Waals surface area (Å²) in [6.07, 6.45) is 5.13. The average molecular weight is 334 g/mol. The molecule has 0 aliphatic heterocycles. The number of carbonyl (C=O) groups is 1.